The zero-order valence-corrected chi connectivity index (χ0v) is 18.9. The van der Waals surface area contributed by atoms with E-state index in [-0.39, 0.29) is 21.5 Å². The van der Waals surface area contributed by atoms with E-state index < -0.39 is 10.0 Å². The number of nitrogens with zero attached hydrogens (tertiary/aromatic N) is 1. The Morgan fingerprint density at radius 2 is 1.57 bits per heavy atom. The summed E-state index contributed by atoms with van der Waals surface area (Å²) in [7, 11) is -3.77. The molecule has 0 spiro atoms. The Morgan fingerprint density at radius 1 is 0.967 bits per heavy atom. The molecule has 1 N–H and O–H groups in total. The number of halogens is 3. The highest BCUT2D eigenvalue weighted by Gasteiger charge is 2.13. The quantitative estimate of drug-likeness (QED) is 0.339. The first-order valence-electron chi connectivity index (χ1n) is 8.72. The van der Waals surface area contributed by atoms with Crippen molar-refractivity contribution in [1.82, 2.24) is 4.83 Å². The van der Waals surface area contributed by atoms with Crippen LogP contribution < -0.4 is 9.57 Å². The third-order valence-electron chi connectivity index (χ3n) is 4.03. The van der Waals surface area contributed by atoms with Crippen molar-refractivity contribution in [2.75, 3.05) is 0 Å². The molecule has 9 heteroatoms. The van der Waals surface area contributed by atoms with Crippen LogP contribution in [0.15, 0.2) is 70.7 Å². The predicted molar refractivity (Wildman–Crippen MR) is 121 cm³/mol. The van der Waals surface area contributed by atoms with Gasteiger partial charge in [-0.2, -0.15) is 13.5 Å². The molecule has 0 aliphatic rings. The Hall–Kier alpha value is -2.25. The maximum atomic E-state index is 12.3. The number of sulfonamides is 1. The van der Waals surface area contributed by atoms with Gasteiger partial charge in [0.1, 0.15) is 6.61 Å². The van der Waals surface area contributed by atoms with Crippen LogP contribution in [0.4, 0.5) is 0 Å². The normalized spacial score (nSPS) is 11.6. The SMILES string of the molecule is Cc1ccc(S(=O)(=O)N/N=C\c2cc(Cl)c(OCc3ccc(Cl)cc3)c(Cl)c2)cc1. The van der Waals surface area contributed by atoms with Gasteiger partial charge in [-0.05, 0) is 54.4 Å². The van der Waals surface area contributed by atoms with Crippen molar-refractivity contribution < 1.29 is 13.2 Å². The van der Waals surface area contributed by atoms with Crippen molar-refractivity contribution in [2.45, 2.75) is 18.4 Å². The van der Waals surface area contributed by atoms with Crippen LogP contribution in [0.2, 0.25) is 15.1 Å². The molecule has 30 heavy (non-hydrogen) atoms. The third-order valence-corrected chi connectivity index (χ3v) is 6.09. The number of hydrazone groups is 1. The standard InChI is InChI=1S/C21H17Cl3N2O3S/c1-14-2-8-18(9-3-14)30(27,28)26-25-12-16-10-19(23)21(20(24)11-16)29-13-15-4-6-17(22)7-5-15/h2-12,26H,13H2,1H3/b25-12-. The van der Waals surface area contributed by atoms with Crippen molar-refractivity contribution in [3.63, 3.8) is 0 Å². The lowest BCUT2D eigenvalue weighted by Crippen LogP contribution is -2.18. The largest absolute Gasteiger partial charge is 0.486 e. The molecule has 0 saturated heterocycles. The predicted octanol–water partition coefficient (Wildman–Crippen LogP) is 5.85. The molecule has 0 aliphatic heterocycles. The molecule has 0 radical (unpaired) electrons. The van der Waals surface area contributed by atoms with E-state index in [2.05, 4.69) is 9.93 Å². The van der Waals surface area contributed by atoms with E-state index in [1.807, 2.05) is 19.1 Å². The minimum Gasteiger partial charge on any atom is -0.486 e. The molecule has 3 aromatic carbocycles. The Balaban J connectivity index is 1.68. The molecule has 0 aliphatic carbocycles. The molecule has 0 aromatic heterocycles. The molecular weight excluding hydrogens is 467 g/mol. The van der Waals surface area contributed by atoms with Crippen molar-refractivity contribution >= 4 is 51.0 Å². The molecule has 5 nitrogen and oxygen atoms in total. The van der Waals surface area contributed by atoms with Gasteiger partial charge in [-0.3, -0.25) is 0 Å². The molecule has 3 rings (SSSR count). The van der Waals surface area contributed by atoms with Gasteiger partial charge in [0.25, 0.3) is 10.0 Å². The summed E-state index contributed by atoms with van der Waals surface area (Å²) < 4.78 is 30.2. The van der Waals surface area contributed by atoms with Crippen LogP contribution in [0.25, 0.3) is 0 Å². The van der Waals surface area contributed by atoms with E-state index in [0.717, 1.165) is 11.1 Å². The summed E-state index contributed by atoms with van der Waals surface area (Å²) >= 11 is 18.4. The van der Waals surface area contributed by atoms with E-state index in [1.165, 1.54) is 18.3 Å². The number of ether oxygens (including phenoxy) is 1. The Labute approximate surface area is 190 Å². The second-order valence-corrected chi connectivity index (χ2v) is 9.31. The van der Waals surface area contributed by atoms with Gasteiger partial charge in [0.15, 0.2) is 5.75 Å². The fourth-order valence-corrected chi connectivity index (χ4v) is 4.00. The second-order valence-electron chi connectivity index (χ2n) is 6.39. The zero-order chi connectivity index (χ0) is 21.7. The van der Waals surface area contributed by atoms with Gasteiger partial charge >= 0.3 is 0 Å². The maximum absolute atomic E-state index is 12.3. The van der Waals surface area contributed by atoms with Gasteiger partial charge in [-0.15, -0.1) is 0 Å². The van der Waals surface area contributed by atoms with E-state index in [0.29, 0.717) is 16.3 Å². The van der Waals surface area contributed by atoms with Gasteiger partial charge in [0, 0.05) is 5.02 Å². The lowest BCUT2D eigenvalue weighted by Gasteiger charge is -2.11. The number of nitrogens with one attached hydrogen (secondary N) is 1. The molecule has 0 atom stereocenters. The average Bonchev–Trinajstić information content (AvgIpc) is 2.69. The minimum absolute atomic E-state index is 0.118. The van der Waals surface area contributed by atoms with Gasteiger partial charge in [0.2, 0.25) is 0 Å². The van der Waals surface area contributed by atoms with Crippen LogP contribution >= 0.6 is 34.8 Å². The summed E-state index contributed by atoms with van der Waals surface area (Å²) in [5.41, 5.74) is 2.37. The van der Waals surface area contributed by atoms with Crippen LogP contribution in [0.3, 0.4) is 0 Å². The zero-order valence-electron chi connectivity index (χ0n) is 15.8. The van der Waals surface area contributed by atoms with Gasteiger partial charge in [0.05, 0.1) is 21.2 Å². The molecule has 3 aromatic rings. The van der Waals surface area contributed by atoms with Crippen molar-refractivity contribution in [2.24, 2.45) is 5.10 Å². The van der Waals surface area contributed by atoms with E-state index in [9.17, 15) is 8.42 Å². The Bertz CT molecular complexity index is 1140. The van der Waals surface area contributed by atoms with E-state index in [1.54, 1.807) is 36.4 Å². The highest BCUT2D eigenvalue weighted by molar-refractivity contribution is 7.89. The molecule has 156 valence electrons. The smallest absolute Gasteiger partial charge is 0.276 e. The lowest BCUT2D eigenvalue weighted by atomic mass is 10.2. The van der Waals surface area contributed by atoms with E-state index in [4.69, 9.17) is 39.5 Å². The summed E-state index contributed by atoms with van der Waals surface area (Å²) in [6.07, 6.45) is 1.31. The van der Waals surface area contributed by atoms with Crippen LogP contribution in [-0.2, 0) is 16.6 Å². The average molecular weight is 484 g/mol. The number of hydrogen-bond acceptors (Lipinski definition) is 4. The van der Waals surface area contributed by atoms with Crippen molar-refractivity contribution in [3.05, 3.63) is 92.4 Å². The maximum Gasteiger partial charge on any atom is 0.276 e. The minimum atomic E-state index is -3.77. The lowest BCUT2D eigenvalue weighted by molar-refractivity contribution is 0.306. The summed E-state index contributed by atoms with van der Waals surface area (Å²) in [6.45, 7) is 2.14. The monoisotopic (exact) mass is 482 g/mol. The van der Waals surface area contributed by atoms with Crippen LogP contribution in [-0.4, -0.2) is 14.6 Å². The molecule has 0 saturated carbocycles. The van der Waals surface area contributed by atoms with Crippen LogP contribution in [0.5, 0.6) is 5.75 Å². The molecular formula is C21H17Cl3N2O3S. The van der Waals surface area contributed by atoms with Gasteiger partial charge in [-0.1, -0.05) is 64.6 Å². The molecule has 0 unspecified atom stereocenters. The van der Waals surface area contributed by atoms with Crippen LogP contribution in [0.1, 0.15) is 16.7 Å². The van der Waals surface area contributed by atoms with Crippen LogP contribution in [0, 0.1) is 6.92 Å². The summed E-state index contributed by atoms with van der Waals surface area (Å²) in [6, 6.07) is 16.8. The number of aryl methyl sites for hydroxylation is 1. The van der Waals surface area contributed by atoms with Crippen molar-refractivity contribution in [3.8, 4) is 5.75 Å². The highest BCUT2D eigenvalue weighted by atomic mass is 35.5. The van der Waals surface area contributed by atoms with Gasteiger partial charge in [-0.25, -0.2) is 4.83 Å². The number of hydrogen-bond donors (Lipinski definition) is 1. The number of rotatable bonds is 7. The van der Waals surface area contributed by atoms with E-state index >= 15 is 0 Å². The van der Waals surface area contributed by atoms with Crippen molar-refractivity contribution in [1.29, 1.82) is 0 Å². The first-order chi connectivity index (χ1) is 14.2. The molecule has 0 amide bonds. The van der Waals surface area contributed by atoms with Gasteiger partial charge < -0.3 is 4.74 Å². The summed E-state index contributed by atoms with van der Waals surface area (Å²) in [4.78, 5) is 2.28. The fourth-order valence-electron chi connectivity index (χ4n) is 2.47. The topological polar surface area (TPSA) is 67.8 Å². The molecule has 0 bridgehead atoms. The number of benzene rings is 3. The first kappa shape index (κ1) is 22.4. The Kier molecular flexibility index (Phi) is 7.26. The fraction of sp³-hybridized carbons (Fsp3) is 0.0952. The Morgan fingerprint density at radius 3 is 2.17 bits per heavy atom. The molecule has 0 heterocycles. The molecule has 0 fully saturated rings. The highest BCUT2D eigenvalue weighted by Crippen LogP contribution is 2.34. The summed E-state index contributed by atoms with van der Waals surface area (Å²) in [5.74, 6) is 0.325. The second kappa shape index (κ2) is 9.71. The first-order valence-corrected chi connectivity index (χ1v) is 11.3. The third kappa shape index (κ3) is 5.89. The summed E-state index contributed by atoms with van der Waals surface area (Å²) in [5, 5.41) is 4.98.